The van der Waals surface area contributed by atoms with Gasteiger partial charge in [-0.3, -0.25) is 19.3 Å². The van der Waals surface area contributed by atoms with Crippen LogP contribution >= 0.6 is 11.9 Å². The zero-order valence-electron chi connectivity index (χ0n) is 18.8. The standard InChI is InChI=1S/C27H20F3N3O2S/c28-27(29,30)20-6-9-22(10-7-20)36-33-25(34)17-3-1-16(2-4-17)23-14-24(23)26(35)32-21-8-5-19-15-31-12-11-18(19)13-21/h1-13,15,23-24H,14H2,(H,32,35)(H,33,34)/t23-,24?/m0/s1. The lowest BCUT2D eigenvalue weighted by Gasteiger charge is -2.08. The summed E-state index contributed by atoms with van der Waals surface area (Å²) in [5.74, 6) is -0.437. The third-order valence-corrected chi connectivity index (χ3v) is 6.87. The highest BCUT2D eigenvalue weighted by Gasteiger charge is 2.44. The van der Waals surface area contributed by atoms with Gasteiger partial charge in [0.25, 0.3) is 5.91 Å². The summed E-state index contributed by atoms with van der Waals surface area (Å²) >= 11 is 0.948. The highest BCUT2D eigenvalue weighted by molar-refractivity contribution is 7.98. The molecule has 2 atom stereocenters. The Hall–Kier alpha value is -3.85. The molecule has 1 heterocycles. The van der Waals surface area contributed by atoms with E-state index in [1.54, 1.807) is 24.5 Å². The van der Waals surface area contributed by atoms with Gasteiger partial charge in [0, 0.05) is 39.8 Å². The van der Waals surface area contributed by atoms with Gasteiger partial charge in [-0.05, 0) is 89.8 Å². The number of alkyl halides is 3. The molecule has 0 spiro atoms. The third kappa shape index (κ3) is 5.36. The average molecular weight is 508 g/mol. The second kappa shape index (κ2) is 9.66. The largest absolute Gasteiger partial charge is 0.416 e. The van der Waals surface area contributed by atoms with Gasteiger partial charge in [-0.25, -0.2) is 0 Å². The predicted octanol–water partition coefficient (Wildman–Crippen LogP) is 6.43. The fraction of sp³-hybridized carbons (Fsp3) is 0.148. The number of hydrogen-bond acceptors (Lipinski definition) is 4. The quantitative estimate of drug-likeness (QED) is 0.295. The molecule has 0 saturated heterocycles. The fourth-order valence-electron chi connectivity index (χ4n) is 4.01. The van der Waals surface area contributed by atoms with Crippen LogP contribution < -0.4 is 10.0 Å². The number of hydrogen-bond donors (Lipinski definition) is 2. The van der Waals surface area contributed by atoms with Crippen molar-refractivity contribution in [2.75, 3.05) is 5.32 Å². The summed E-state index contributed by atoms with van der Waals surface area (Å²) in [6.07, 6.45) is -0.181. The van der Waals surface area contributed by atoms with Gasteiger partial charge >= 0.3 is 6.18 Å². The molecule has 2 N–H and O–H groups in total. The lowest BCUT2D eigenvalue weighted by molar-refractivity contribution is -0.137. The topological polar surface area (TPSA) is 71.1 Å². The van der Waals surface area contributed by atoms with Gasteiger partial charge in [-0.15, -0.1) is 0 Å². The number of nitrogens with one attached hydrogen (secondary N) is 2. The normalized spacial score (nSPS) is 17.0. The molecule has 5 rings (SSSR count). The molecule has 2 amide bonds. The van der Waals surface area contributed by atoms with Crippen LogP contribution in [0.4, 0.5) is 18.9 Å². The molecule has 1 saturated carbocycles. The minimum atomic E-state index is -4.40. The lowest BCUT2D eigenvalue weighted by Crippen LogP contribution is -2.16. The van der Waals surface area contributed by atoms with Crippen LogP contribution in [0.3, 0.4) is 0 Å². The van der Waals surface area contributed by atoms with E-state index in [0.717, 1.165) is 52.5 Å². The summed E-state index contributed by atoms with van der Waals surface area (Å²) in [6.45, 7) is 0. The second-order valence-corrected chi connectivity index (χ2v) is 9.43. The van der Waals surface area contributed by atoms with Crippen molar-refractivity contribution in [1.82, 2.24) is 9.71 Å². The number of nitrogens with zero attached hydrogens (tertiary/aromatic N) is 1. The minimum absolute atomic E-state index is 0.0387. The summed E-state index contributed by atoms with van der Waals surface area (Å²) in [5, 5.41) is 4.98. The smallest absolute Gasteiger partial charge is 0.326 e. The van der Waals surface area contributed by atoms with E-state index in [9.17, 15) is 22.8 Å². The predicted molar refractivity (Wildman–Crippen MR) is 132 cm³/mol. The number of carbonyl (C=O) groups excluding carboxylic acids is 2. The molecule has 1 aromatic heterocycles. The van der Waals surface area contributed by atoms with Gasteiger partial charge in [0.2, 0.25) is 5.91 Å². The van der Waals surface area contributed by atoms with Gasteiger partial charge < -0.3 is 5.32 Å². The molecule has 1 aliphatic rings. The number of carbonyl (C=O) groups is 2. The summed E-state index contributed by atoms with van der Waals surface area (Å²) < 4.78 is 40.6. The van der Waals surface area contributed by atoms with Crippen LogP contribution in [0, 0.1) is 5.92 Å². The van der Waals surface area contributed by atoms with Gasteiger partial charge in [-0.1, -0.05) is 18.2 Å². The molecule has 5 nitrogen and oxygen atoms in total. The van der Waals surface area contributed by atoms with Crippen molar-refractivity contribution in [2.45, 2.75) is 23.4 Å². The van der Waals surface area contributed by atoms with Crippen molar-refractivity contribution in [3.8, 4) is 0 Å². The van der Waals surface area contributed by atoms with Crippen LogP contribution in [0.2, 0.25) is 0 Å². The molecular formula is C27H20F3N3O2S. The molecule has 9 heteroatoms. The minimum Gasteiger partial charge on any atom is -0.326 e. The number of pyridine rings is 1. The molecule has 1 fully saturated rings. The molecule has 4 aromatic rings. The Balaban J connectivity index is 1.14. The van der Waals surface area contributed by atoms with Gasteiger partial charge in [0.1, 0.15) is 0 Å². The highest BCUT2D eigenvalue weighted by Crippen LogP contribution is 2.48. The van der Waals surface area contributed by atoms with Crippen molar-refractivity contribution in [2.24, 2.45) is 5.92 Å². The van der Waals surface area contributed by atoms with E-state index in [1.165, 1.54) is 12.1 Å². The molecular weight excluding hydrogens is 487 g/mol. The Labute approximate surface area is 209 Å². The Morgan fingerprint density at radius 1 is 0.917 bits per heavy atom. The van der Waals surface area contributed by atoms with Crippen molar-refractivity contribution < 1.29 is 22.8 Å². The monoisotopic (exact) mass is 507 g/mol. The van der Waals surface area contributed by atoms with E-state index in [4.69, 9.17) is 0 Å². The number of benzene rings is 3. The van der Waals surface area contributed by atoms with Gasteiger partial charge in [-0.2, -0.15) is 13.2 Å². The maximum atomic E-state index is 12.7. The molecule has 36 heavy (non-hydrogen) atoms. The maximum Gasteiger partial charge on any atom is 0.416 e. The first-order valence-electron chi connectivity index (χ1n) is 11.2. The van der Waals surface area contributed by atoms with Crippen molar-refractivity contribution in [1.29, 1.82) is 0 Å². The maximum absolute atomic E-state index is 12.7. The van der Waals surface area contributed by atoms with Crippen molar-refractivity contribution in [3.05, 3.63) is 102 Å². The first-order valence-corrected chi connectivity index (χ1v) is 12.0. The summed E-state index contributed by atoms with van der Waals surface area (Å²) in [5.41, 5.74) is 1.40. The van der Waals surface area contributed by atoms with Crippen molar-refractivity contribution >= 4 is 40.2 Å². The summed E-state index contributed by atoms with van der Waals surface area (Å²) in [4.78, 5) is 29.7. The second-order valence-electron chi connectivity index (χ2n) is 8.55. The highest BCUT2D eigenvalue weighted by atomic mass is 32.2. The van der Waals surface area contributed by atoms with E-state index in [-0.39, 0.29) is 23.7 Å². The van der Waals surface area contributed by atoms with Crippen LogP contribution in [0.25, 0.3) is 10.8 Å². The summed E-state index contributed by atoms with van der Waals surface area (Å²) in [7, 11) is 0. The Morgan fingerprint density at radius 3 is 2.39 bits per heavy atom. The van der Waals surface area contributed by atoms with Crippen LogP contribution in [-0.4, -0.2) is 16.8 Å². The molecule has 1 unspecified atom stereocenters. The molecule has 182 valence electrons. The number of amides is 2. The molecule has 0 bridgehead atoms. The van der Waals surface area contributed by atoms with Crippen molar-refractivity contribution in [3.63, 3.8) is 0 Å². The van der Waals surface area contributed by atoms with Gasteiger partial charge in [0.15, 0.2) is 0 Å². The first kappa shape index (κ1) is 23.9. The number of halogens is 3. The van der Waals surface area contributed by atoms with Crippen LogP contribution in [-0.2, 0) is 11.0 Å². The fourth-order valence-corrected chi connectivity index (χ4v) is 4.61. The Kier molecular flexibility index (Phi) is 6.40. The molecule has 1 aliphatic carbocycles. The third-order valence-electron chi connectivity index (χ3n) is 6.08. The molecule has 0 radical (unpaired) electrons. The Morgan fingerprint density at radius 2 is 1.67 bits per heavy atom. The molecule has 3 aromatic carbocycles. The number of rotatable bonds is 6. The van der Waals surface area contributed by atoms with Crippen LogP contribution in [0.5, 0.6) is 0 Å². The van der Waals surface area contributed by atoms with E-state index < -0.39 is 11.7 Å². The number of fused-ring (bicyclic) bond motifs is 1. The zero-order valence-corrected chi connectivity index (χ0v) is 19.6. The van der Waals surface area contributed by atoms with Crippen LogP contribution in [0.1, 0.15) is 33.8 Å². The van der Waals surface area contributed by atoms with E-state index in [0.29, 0.717) is 10.5 Å². The zero-order chi connectivity index (χ0) is 25.3. The SMILES string of the molecule is O=C(NSc1ccc(C(F)(F)F)cc1)c1ccc([C@@H]2CC2C(=O)Nc2ccc3cnccc3c2)cc1. The summed E-state index contributed by atoms with van der Waals surface area (Å²) in [6, 6.07) is 19.2. The van der Waals surface area contributed by atoms with E-state index in [2.05, 4.69) is 15.0 Å². The number of anilines is 1. The van der Waals surface area contributed by atoms with Gasteiger partial charge in [0.05, 0.1) is 5.56 Å². The average Bonchev–Trinajstić information content (AvgIpc) is 3.68. The molecule has 0 aliphatic heterocycles. The number of aromatic nitrogens is 1. The first-order chi connectivity index (χ1) is 17.3. The van der Waals surface area contributed by atoms with Crippen LogP contribution in [0.15, 0.2) is 90.1 Å². The Bertz CT molecular complexity index is 1420. The lowest BCUT2D eigenvalue weighted by atomic mass is 10.1. The van der Waals surface area contributed by atoms with E-state index in [1.807, 2.05) is 36.4 Å². The van der Waals surface area contributed by atoms with E-state index >= 15 is 0 Å².